The number of nitrogens with one attached hydrogen (secondary N) is 2. The molecule has 0 aliphatic rings. The van der Waals surface area contributed by atoms with Crippen molar-refractivity contribution in [2.75, 3.05) is 0 Å². The lowest BCUT2D eigenvalue weighted by atomic mass is 10.1. The Bertz CT molecular complexity index is 719. The van der Waals surface area contributed by atoms with Crippen LogP contribution >= 0.6 is 0 Å². The molecule has 0 bridgehead atoms. The van der Waals surface area contributed by atoms with E-state index < -0.39 is 11.5 Å². The van der Waals surface area contributed by atoms with Crippen LogP contribution in [0.25, 0.3) is 10.9 Å². The van der Waals surface area contributed by atoms with Crippen LogP contribution in [-0.4, -0.2) is 26.6 Å². The van der Waals surface area contributed by atoms with Crippen LogP contribution in [0.4, 0.5) is 0 Å². The molecule has 1 aromatic heterocycles. The molecule has 1 aromatic carbocycles. The van der Waals surface area contributed by atoms with Crippen molar-refractivity contribution in [3.8, 4) is 0 Å². The number of hydrogen-bond donors (Lipinski definition) is 3. The van der Waals surface area contributed by atoms with Crippen molar-refractivity contribution in [3.05, 3.63) is 39.9 Å². The van der Waals surface area contributed by atoms with Crippen LogP contribution in [0.15, 0.2) is 23.0 Å². The Kier molecular flexibility index (Phi) is 3.59. The molecule has 0 radical (unpaired) electrons. The van der Waals surface area contributed by atoms with Gasteiger partial charge in [-0.3, -0.25) is 14.9 Å². The Labute approximate surface area is 115 Å². The fourth-order valence-corrected chi connectivity index (χ4v) is 1.82. The molecule has 2 aromatic rings. The van der Waals surface area contributed by atoms with Gasteiger partial charge in [0.25, 0.3) is 5.56 Å². The van der Waals surface area contributed by atoms with Crippen LogP contribution in [0.3, 0.4) is 0 Å². The van der Waals surface area contributed by atoms with Crippen molar-refractivity contribution in [2.45, 2.75) is 32.9 Å². The van der Waals surface area contributed by atoms with Crippen LogP contribution in [0.1, 0.15) is 25.2 Å². The molecule has 6 heteroatoms. The van der Waals surface area contributed by atoms with Gasteiger partial charge in [-0.05, 0) is 32.4 Å². The van der Waals surface area contributed by atoms with E-state index in [1.165, 1.54) is 0 Å². The van der Waals surface area contributed by atoms with Crippen molar-refractivity contribution in [1.82, 2.24) is 15.3 Å². The monoisotopic (exact) mass is 275 g/mol. The summed E-state index contributed by atoms with van der Waals surface area (Å²) in [4.78, 5) is 30.0. The van der Waals surface area contributed by atoms with Gasteiger partial charge >= 0.3 is 5.97 Å². The largest absolute Gasteiger partial charge is 0.480 e. The normalized spacial score (nSPS) is 11.8. The van der Waals surface area contributed by atoms with Gasteiger partial charge in [-0.1, -0.05) is 12.1 Å². The molecule has 6 nitrogen and oxygen atoms in total. The zero-order valence-electron chi connectivity index (χ0n) is 11.7. The number of para-hydroxylation sites is 1. The molecule has 2 rings (SSSR count). The second-order valence-electron chi connectivity index (χ2n) is 5.27. The number of aromatic amines is 1. The van der Waals surface area contributed by atoms with Gasteiger partial charge in [0, 0.05) is 0 Å². The average Bonchev–Trinajstić information content (AvgIpc) is 2.37. The highest BCUT2D eigenvalue weighted by Crippen LogP contribution is 2.12. The summed E-state index contributed by atoms with van der Waals surface area (Å²) in [5, 5.41) is 12.4. The third-order valence-corrected chi connectivity index (χ3v) is 3.22. The molecule has 0 fully saturated rings. The number of fused-ring (bicyclic) bond motifs is 1. The molecule has 20 heavy (non-hydrogen) atoms. The predicted octanol–water partition coefficient (Wildman–Crippen LogP) is 1.18. The number of nitrogens with zero attached hydrogens (tertiary/aromatic N) is 1. The molecule has 0 unspecified atom stereocenters. The summed E-state index contributed by atoms with van der Waals surface area (Å²) >= 11 is 0. The molecule has 3 N–H and O–H groups in total. The number of H-pyrrole nitrogens is 1. The Balaban J connectivity index is 2.35. The first-order valence-electron chi connectivity index (χ1n) is 6.28. The highest BCUT2D eigenvalue weighted by molar-refractivity contribution is 5.80. The van der Waals surface area contributed by atoms with Gasteiger partial charge in [-0.2, -0.15) is 0 Å². The zero-order chi connectivity index (χ0) is 14.9. The summed E-state index contributed by atoms with van der Waals surface area (Å²) in [5.41, 5.74) is 0.247. The van der Waals surface area contributed by atoms with Crippen LogP contribution in [0.5, 0.6) is 0 Å². The number of aromatic nitrogens is 2. The summed E-state index contributed by atoms with van der Waals surface area (Å²) in [6.45, 7) is 5.17. The van der Waals surface area contributed by atoms with Gasteiger partial charge in [0.05, 0.1) is 17.4 Å². The first-order chi connectivity index (χ1) is 9.31. The third-order valence-electron chi connectivity index (χ3n) is 3.22. The van der Waals surface area contributed by atoms with Crippen LogP contribution < -0.4 is 10.9 Å². The quantitative estimate of drug-likeness (QED) is 0.779. The van der Waals surface area contributed by atoms with E-state index in [4.69, 9.17) is 5.11 Å². The van der Waals surface area contributed by atoms with E-state index >= 15 is 0 Å². The van der Waals surface area contributed by atoms with Gasteiger partial charge in [0.1, 0.15) is 11.4 Å². The van der Waals surface area contributed by atoms with E-state index in [2.05, 4.69) is 15.3 Å². The molecular weight excluding hydrogens is 258 g/mol. The predicted molar refractivity (Wildman–Crippen MR) is 75.7 cm³/mol. The van der Waals surface area contributed by atoms with E-state index in [1.807, 2.05) is 13.0 Å². The minimum Gasteiger partial charge on any atom is -0.480 e. The van der Waals surface area contributed by atoms with E-state index in [9.17, 15) is 9.59 Å². The number of carboxylic acid groups (broad SMARTS) is 1. The average molecular weight is 275 g/mol. The van der Waals surface area contributed by atoms with Gasteiger partial charge in [-0.25, -0.2) is 4.98 Å². The maximum Gasteiger partial charge on any atom is 0.323 e. The number of carbonyl (C=O) groups is 1. The number of carboxylic acids is 1. The fraction of sp³-hybridized carbons (Fsp3) is 0.357. The zero-order valence-corrected chi connectivity index (χ0v) is 11.7. The van der Waals surface area contributed by atoms with Crippen molar-refractivity contribution in [3.63, 3.8) is 0 Å². The smallest absolute Gasteiger partial charge is 0.323 e. The number of rotatable bonds is 4. The highest BCUT2D eigenvalue weighted by Gasteiger charge is 2.26. The second-order valence-corrected chi connectivity index (χ2v) is 5.27. The molecular formula is C14H17N3O3. The number of aryl methyl sites for hydroxylation is 1. The number of benzene rings is 1. The molecule has 106 valence electrons. The molecule has 0 saturated heterocycles. The SMILES string of the molecule is Cc1cccc2c(=O)[nH]c(CNC(C)(C)C(=O)O)nc12. The van der Waals surface area contributed by atoms with Gasteiger partial charge in [0.15, 0.2) is 0 Å². The van der Waals surface area contributed by atoms with E-state index in [-0.39, 0.29) is 12.1 Å². The standard InChI is InChI=1S/C14H17N3O3/c1-8-5-4-6-9-11(8)16-10(17-12(9)18)7-15-14(2,3)13(19)20/h4-6,15H,7H2,1-3H3,(H,19,20)(H,16,17,18). The van der Waals surface area contributed by atoms with Crippen LogP contribution in [0.2, 0.25) is 0 Å². The Hall–Kier alpha value is -2.21. The minimum absolute atomic E-state index is 0.179. The lowest BCUT2D eigenvalue weighted by Gasteiger charge is -2.20. The summed E-state index contributed by atoms with van der Waals surface area (Å²) in [7, 11) is 0. The first-order valence-corrected chi connectivity index (χ1v) is 6.28. The Morgan fingerprint density at radius 3 is 2.80 bits per heavy atom. The van der Waals surface area contributed by atoms with Crippen molar-refractivity contribution >= 4 is 16.9 Å². The van der Waals surface area contributed by atoms with Gasteiger partial charge in [0.2, 0.25) is 0 Å². The van der Waals surface area contributed by atoms with Gasteiger partial charge < -0.3 is 10.1 Å². The van der Waals surface area contributed by atoms with Crippen molar-refractivity contribution in [1.29, 1.82) is 0 Å². The lowest BCUT2D eigenvalue weighted by Crippen LogP contribution is -2.46. The summed E-state index contributed by atoms with van der Waals surface area (Å²) in [6, 6.07) is 5.40. The van der Waals surface area contributed by atoms with Crippen molar-refractivity contribution < 1.29 is 9.90 Å². The maximum atomic E-state index is 12.0. The molecule has 0 amide bonds. The summed E-state index contributed by atoms with van der Waals surface area (Å²) in [5.74, 6) is -0.539. The molecule has 0 saturated carbocycles. The molecule has 0 atom stereocenters. The second kappa shape index (κ2) is 5.05. The number of aliphatic carboxylic acids is 1. The summed E-state index contributed by atoms with van der Waals surface area (Å²) < 4.78 is 0. The van der Waals surface area contributed by atoms with Gasteiger partial charge in [-0.15, -0.1) is 0 Å². The molecule has 0 aliphatic carbocycles. The van der Waals surface area contributed by atoms with Crippen LogP contribution in [0, 0.1) is 6.92 Å². The van der Waals surface area contributed by atoms with E-state index in [0.717, 1.165) is 5.56 Å². The molecule has 1 heterocycles. The van der Waals surface area contributed by atoms with Crippen molar-refractivity contribution in [2.24, 2.45) is 0 Å². The minimum atomic E-state index is -1.08. The Morgan fingerprint density at radius 2 is 2.15 bits per heavy atom. The van der Waals surface area contributed by atoms with E-state index in [1.54, 1.807) is 26.0 Å². The number of hydrogen-bond acceptors (Lipinski definition) is 4. The summed E-state index contributed by atoms with van der Waals surface area (Å²) in [6.07, 6.45) is 0. The lowest BCUT2D eigenvalue weighted by molar-refractivity contribution is -0.143. The highest BCUT2D eigenvalue weighted by atomic mass is 16.4. The fourth-order valence-electron chi connectivity index (χ4n) is 1.82. The van der Waals surface area contributed by atoms with Crippen LogP contribution in [-0.2, 0) is 11.3 Å². The first kappa shape index (κ1) is 14.2. The topological polar surface area (TPSA) is 95.1 Å². The maximum absolute atomic E-state index is 12.0. The third kappa shape index (κ3) is 2.70. The van der Waals surface area contributed by atoms with E-state index in [0.29, 0.717) is 16.7 Å². The Morgan fingerprint density at radius 1 is 1.45 bits per heavy atom. The molecule has 0 aliphatic heterocycles. The molecule has 0 spiro atoms.